The Morgan fingerprint density at radius 2 is 2.00 bits per heavy atom. The van der Waals surface area contributed by atoms with Crippen LogP contribution >= 0.6 is 11.3 Å². The fraction of sp³-hybridized carbons (Fsp3) is 0.500. The largest absolute Gasteiger partial charge is 0.458 e. The van der Waals surface area contributed by atoms with Crippen LogP contribution < -0.4 is 9.68 Å². The minimum atomic E-state index is -0.735. The summed E-state index contributed by atoms with van der Waals surface area (Å²) in [5.74, 6) is -3.26. The number of carbonyl (C=O) groups excluding carboxylic acids is 3. The van der Waals surface area contributed by atoms with Gasteiger partial charge >= 0.3 is 22.8 Å². The van der Waals surface area contributed by atoms with Crippen LogP contribution in [0, 0.1) is 29.6 Å². The average molecular weight is 418 g/mol. The molecule has 0 N–H and O–H groups in total. The van der Waals surface area contributed by atoms with Crippen molar-refractivity contribution >= 4 is 39.5 Å². The van der Waals surface area contributed by atoms with Gasteiger partial charge in [0.15, 0.2) is 5.58 Å². The van der Waals surface area contributed by atoms with E-state index in [9.17, 15) is 19.2 Å². The molecule has 1 aromatic heterocycles. The summed E-state index contributed by atoms with van der Waals surface area (Å²) < 4.78 is 22.3. The third-order valence-electron chi connectivity index (χ3n) is 6.06. The first-order valence-corrected chi connectivity index (χ1v) is 10.3. The first kappa shape index (κ1) is 18.4. The minimum absolute atomic E-state index is 0.146. The Morgan fingerprint density at radius 1 is 1.21 bits per heavy atom. The van der Waals surface area contributed by atoms with Gasteiger partial charge in [0.1, 0.15) is 18.0 Å². The van der Waals surface area contributed by atoms with Crippen LogP contribution in [0.4, 0.5) is 0 Å². The molecule has 2 saturated carbocycles. The molecular weight excluding hydrogens is 400 g/mol. The molecule has 9 heteroatoms. The molecule has 2 heterocycles. The lowest BCUT2D eigenvalue weighted by molar-refractivity contribution is -0.166. The normalized spacial score (nSPS) is 32.0. The number of carbonyl (C=O) groups is 3. The van der Waals surface area contributed by atoms with Gasteiger partial charge in [0.2, 0.25) is 0 Å². The van der Waals surface area contributed by atoms with Crippen molar-refractivity contribution in [1.82, 2.24) is 0 Å². The van der Waals surface area contributed by atoms with Crippen LogP contribution in [0.5, 0.6) is 5.75 Å². The molecule has 152 valence electrons. The van der Waals surface area contributed by atoms with Crippen LogP contribution in [0.15, 0.2) is 27.4 Å². The molecule has 1 aliphatic heterocycles. The summed E-state index contributed by atoms with van der Waals surface area (Å²) in [5.41, 5.74) is 0.335. The predicted molar refractivity (Wildman–Crippen MR) is 99.2 cm³/mol. The van der Waals surface area contributed by atoms with Gasteiger partial charge in [-0.1, -0.05) is 25.2 Å². The highest BCUT2D eigenvalue weighted by Gasteiger charge is 2.70. The number of fused-ring (bicyclic) bond motifs is 2. The van der Waals surface area contributed by atoms with Gasteiger partial charge in [-0.25, -0.2) is 4.79 Å². The zero-order valence-electron chi connectivity index (χ0n) is 15.7. The van der Waals surface area contributed by atoms with E-state index >= 15 is 0 Å². The molecule has 0 radical (unpaired) electrons. The van der Waals surface area contributed by atoms with E-state index in [1.807, 2.05) is 0 Å². The van der Waals surface area contributed by atoms with E-state index in [4.69, 9.17) is 18.6 Å². The van der Waals surface area contributed by atoms with Gasteiger partial charge < -0.3 is 18.6 Å². The Kier molecular flexibility index (Phi) is 4.06. The molecule has 5 rings (SSSR count). The second kappa shape index (κ2) is 6.41. The number of hydrogen-bond donors (Lipinski definition) is 0. The van der Waals surface area contributed by atoms with Gasteiger partial charge in [-0.15, -0.1) is 0 Å². The third-order valence-corrected chi connectivity index (χ3v) is 6.87. The summed E-state index contributed by atoms with van der Waals surface area (Å²) in [7, 11) is 0. The number of rotatable bonds is 4. The van der Waals surface area contributed by atoms with Gasteiger partial charge in [0.25, 0.3) is 0 Å². The van der Waals surface area contributed by atoms with Crippen molar-refractivity contribution in [2.75, 3.05) is 0 Å². The highest BCUT2D eigenvalue weighted by atomic mass is 32.1. The van der Waals surface area contributed by atoms with Crippen molar-refractivity contribution in [3.63, 3.8) is 0 Å². The minimum Gasteiger partial charge on any atom is -0.458 e. The van der Waals surface area contributed by atoms with E-state index in [0.29, 0.717) is 16.7 Å². The van der Waals surface area contributed by atoms with Gasteiger partial charge in [-0.2, -0.15) is 0 Å². The fourth-order valence-corrected chi connectivity index (χ4v) is 5.49. The number of esters is 3. The molecule has 1 aromatic carbocycles. The molecule has 8 nitrogen and oxygen atoms in total. The summed E-state index contributed by atoms with van der Waals surface area (Å²) in [4.78, 5) is 48.4. The van der Waals surface area contributed by atoms with Crippen LogP contribution in [0.1, 0.15) is 20.3 Å². The van der Waals surface area contributed by atoms with E-state index in [0.717, 1.165) is 11.3 Å². The van der Waals surface area contributed by atoms with Gasteiger partial charge in [0.05, 0.1) is 22.5 Å². The molecule has 1 saturated heterocycles. The van der Waals surface area contributed by atoms with Crippen molar-refractivity contribution in [3.05, 3.63) is 27.9 Å². The third kappa shape index (κ3) is 2.78. The zero-order chi connectivity index (χ0) is 20.4. The van der Waals surface area contributed by atoms with Gasteiger partial charge in [-0.3, -0.25) is 14.4 Å². The second-order valence-electron chi connectivity index (χ2n) is 8.06. The molecule has 29 heavy (non-hydrogen) atoms. The predicted octanol–water partition coefficient (Wildman–Crippen LogP) is 2.14. The van der Waals surface area contributed by atoms with Gasteiger partial charge in [-0.05, 0) is 18.6 Å². The lowest BCUT2D eigenvalue weighted by atomic mass is 9.78. The van der Waals surface area contributed by atoms with Crippen molar-refractivity contribution in [3.8, 4) is 5.75 Å². The van der Waals surface area contributed by atoms with Crippen LogP contribution in [0.3, 0.4) is 0 Å². The fourth-order valence-electron chi connectivity index (χ4n) is 4.84. The first-order chi connectivity index (χ1) is 13.8. The lowest BCUT2D eigenvalue weighted by Crippen LogP contribution is -2.44. The van der Waals surface area contributed by atoms with E-state index in [1.165, 1.54) is 6.07 Å². The Labute approximate surface area is 168 Å². The Balaban J connectivity index is 1.40. The van der Waals surface area contributed by atoms with E-state index in [-0.39, 0.29) is 29.5 Å². The number of ether oxygens (including phenoxy) is 3. The van der Waals surface area contributed by atoms with Crippen LogP contribution in [-0.4, -0.2) is 30.1 Å². The van der Waals surface area contributed by atoms with Crippen LogP contribution in [0.2, 0.25) is 0 Å². The Hall–Kier alpha value is -2.68. The van der Waals surface area contributed by atoms with Gasteiger partial charge in [0, 0.05) is 17.9 Å². The van der Waals surface area contributed by atoms with Crippen molar-refractivity contribution < 1.29 is 33.0 Å². The van der Waals surface area contributed by atoms with E-state index < -0.39 is 40.9 Å². The summed E-state index contributed by atoms with van der Waals surface area (Å²) in [6.07, 6.45) is -0.539. The summed E-state index contributed by atoms with van der Waals surface area (Å²) in [6.45, 7) is 3.45. The number of benzene rings is 1. The standard InChI is InChI=1S/C20H18O8S/c1-7(2)17(21)27-15-9-6-10-14(19(23)28-16(10)15)13(9)18(22)25-8-3-4-12-11(5-8)26-20(24)29-12/h3-5,7,9-10,13-16H,6H2,1-2H3. The topological polar surface area (TPSA) is 109 Å². The molecule has 2 aromatic rings. The SMILES string of the molecule is CC(C)C(=O)OC1C2CC3C1OC(=O)C3C2C(=O)Oc1ccc2sc(=O)oc2c1. The average Bonchev–Trinajstić information content (AvgIpc) is 3.36. The zero-order valence-corrected chi connectivity index (χ0v) is 16.5. The van der Waals surface area contributed by atoms with Crippen molar-refractivity contribution in [1.29, 1.82) is 0 Å². The second-order valence-corrected chi connectivity index (χ2v) is 9.03. The maximum absolute atomic E-state index is 13.0. The van der Waals surface area contributed by atoms with Crippen LogP contribution in [0.25, 0.3) is 10.3 Å². The quantitative estimate of drug-likeness (QED) is 0.549. The summed E-state index contributed by atoms with van der Waals surface area (Å²) in [6, 6.07) is 4.69. The summed E-state index contributed by atoms with van der Waals surface area (Å²) in [5, 5.41) is 0. The molecule has 2 aliphatic carbocycles. The molecule has 6 atom stereocenters. The maximum Gasteiger partial charge on any atom is 0.396 e. The van der Waals surface area contributed by atoms with Crippen LogP contribution in [-0.2, 0) is 23.9 Å². The molecule has 3 aliphatic rings. The maximum atomic E-state index is 13.0. The summed E-state index contributed by atoms with van der Waals surface area (Å²) >= 11 is 0.961. The lowest BCUT2D eigenvalue weighted by Gasteiger charge is -2.30. The van der Waals surface area contributed by atoms with E-state index in [1.54, 1.807) is 26.0 Å². The molecule has 6 unspecified atom stereocenters. The molecule has 2 bridgehead atoms. The smallest absolute Gasteiger partial charge is 0.396 e. The Morgan fingerprint density at radius 3 is 2.76 bits per heavy atom. The highest BCUT2D eigenvalue weighted by Crippen LogP contribution is 2.59. The molecule has 3 fully saturated rings. The molecule has 0 spiro atoms. The van der Waals surface area contributed by atoms with E-state index in [2.05, 4.69) is 0 Å². The van der Waals surface area contributed by atoms with Crippen molar-refractivity contribution in [2.45, 2.75) is 32.5 Å². The molecule has 0 amide bonds. The monoisotopic (exact) mass is 418 g/mol. The molecular formula is C20H18O8S. The number of hydrogen-bond acceptors (Lipinski definition) is 9. The highest BCUT2D eigenvalue weighted by molar-refractivity contribution is 7.16. The Bertz CT molecular complexity index is 1080. The first-order valence-electron chi connectivity index (χ1n) is 9.50. The van der Waals surface area contributed by atoms with Crippen molar-refractivity contribution in [2.24, 2.45) is 29.6 Å².